The molecule has 0 saturated heterocycles. The van der Waals surface area contributed by atoms with Gasteiger partial charge >= 0.3 is 0 Å². The van der Waals surface area contributed by atoms with Gasteiger partial charge in [0.1, 0.15) is 17.2 Å². The van der Waals surface area contributed by atoms with Crippen LogP contribution in [0.1, 0.15) is 35.6 Å². The van der Waals surface area contributed by atoms with Gasteiger partial charge in [0.2, 0.25) is 0 Å². The Labute approximate surface area is 115 Å². The van der Waals surface area contributed by atoms with Gasteiger partial charge in [-0.15, -0.1) is 0 Å². The van der Waals surface area contributed by atoms with E-state index in [1.807, 2.05) is 13.8 Å². The van der Waals surface area contributed by atoms with Crippen molar-refractivity contribution < 1.29 is 13.6 Å². The number of nitrogens with zero attached hydrogens (tertiary/aromatic N) is 1. The van der Waals surface area contributed by atoms with Gasteiger partial charge in [0.25, 0.3) is 5.91 Å². The average molecular weight is 279 g/mol. The van der Waals surface area contributed by atoms with Crippen LogP contribution < -0.4 is 5.32 Å². The Morgan fingerprint density at radius 2 is 1.90 bits per heavy atom. The highest BCUT2D eigenvalue weighted by molar-refractivity contribution is 6.05. The molecule has 1 aromatic carbocycles. The van der Waals surface area contributed by atoms with Crippen LogP contribution >= 0.6 is 0 Å². The number of nitrogens with one attached hydrogen (secondary N) is 2. The molecule has 2 aromatic rings. The van der Waals surface area contributed by atoms with E-state index in [-0.39, 0.29) is 0 Å². The standard InChI is InChI=1S/C14H15F2N3O/c1-3-10-13(11(4-2)19-18-10)17-14(20)12-8(15)6-5-7-9(12)16/h5-7H,3-4H2,1-2H3,(H,17,20)(H,18,19). The molecular weight excluding hydrogens is 264 g/mol. The average Bonchev–Trinajstić information content (AvgIpc) is 2.80. The molecule has 20 heavy (non-hydrogen) atoms. The third-order valence-electron chi connectivity index (χ3n) is 3.03. The molecule has 4 nitrogen and oxygen atoms in total. The monoisotopic (exact) mass is 279 g/mol. The zero-order valence-corrected chi connectivity index (χ0v) is 11.3. The van der Waals surface area contributed by atoms with Crippen molar-refractivity contribution in [3.63, 3.8) is 0 Å². The molecule has 0 bridgehead atoms. The van der Waals surface area contributed by atoms with Gasteiger partial charge in [-0.05, 0) is 25.0 Å². The lowest BCUT2D eigenvalue weighted by molar-refractivity contribution is 0.101. The zero-order chi connectivity index (χ0) is 14.7. The Morgan fingerprint density at radius 1 is 1.25 bits per heavy atom. The van der Waals surface area contributed by atoms with Gasteiger partial charge in [0, 0.05) is 0 Å². The second-order valence-electron chi connectivity index (χ2n) is 4.28. The molecule has 0 radical (unpaired) electrons. The van der Waals surface area contributed by atoms with Gasteiger partial charge < -0.3 is 5.32 Å². The first-order valence-corrected chi connectivity index (χ1v) is 6.39. The molecule has 106 valence electrons. The topological polar surface area (TPSA) is 57.8 Å². The largest absolute Gasteiger partial charge is 0.319 e. The fourth-order valence-electron chi connectivity index (χ4n) is 1.97. The molecule has 0 aliphatic carbocycles. The summed E-state index contributed by atoms with van der Waals surface area (Å²) < 4.78 is 27.1. The summed E-state index contributed by atoms with van der Waals surface area (Å²) >= 11 is 0. The summed E-state index contributed by atoms with van der Waals surface area (Å²) in [6.07, 6.45) is 1.23. The van der Waals surface area contributed by atoms with E-state index in [4.69, 9.17) is 0 Å². The number of aromatic nitrogens is 2. The number of aryl methyl sites for hydroxylation is 2. The highest BCUT2D eigenvalue weighted by atomic mass is 19.1. The molecule has 6 heteroatoms. The first-order chi connectivity index (χ1) is 9.58. The maximum absolute atomic E-state index is 13.6. The van der Waals surface area contributed by atoms with Crippen molar-refractivity contribution in [1.82, 2.24) is 10.2 Å². The SMILES string of the molecule is CCc1n[nH]c(CC)c1NC(=O)c1c(F)cccc1F. The Balaban J connectivity index is 2.35. The maximum atomic E-state index is 13.6. The minimum Gasteiger partial charge on any atom is -0.319 e. The van der Waals surface area contributed by atoms with E-state index in [2.05, 4.69) is 15.5 Å². The molecule has 1 amide bonds. The molecule has 1 heterocycles. The van der Waals surface area contributed by atoms with Crippen LogP contribution in [0, 0.1) is 11.6 Å². The molecule has 2 rings (SSSR count). The van der Waals surface area contributed by atoms with E-state index >= 15 is 0 Å². The number of amides is 1. The van der Waals surface area contributed by atoms with Crippen LogP contribution in [-0.2, 0) is 12.8 Å². The van der Waals surface area contributed by atoms with E-state index < -0.39 is 23.1 Å². The van der Waals surface area contributed by atoms with Crippen LogP contribution in [0.2, 0.25) is 0 Å². The molecule has 2 N–H and O–H groups in total. The number of anilines is 1. The second kappa shape index (κ2) is 5.81. The van der Waals surface area contributed by atoms with Gasteiger partial charge in [0.15, 0.2) is 0 Å². The Hall–Kier alpha value is -2.24. The quantitative estimate of drug-likeness (QED) is 0.903. The highest BCUT2D eigenvalue weighted by Crippen LogP contribution is 2.21. The maximum Gasteiger partial charge on any atom is 0.261 e. The first kappa shape index (κ1) is 14.2. The third kappa shape index (κ3) is 2.54. The van der Waals surface area contributed by atoms with E-state index in [1.54, 1.807) is 0 Å². The van der Waals surface area contributed by atoms with Crippen molar-refractivity contribution in [2.45, 2.75) is 26.7 Å². The summed E-state index contributed by atoms with van der Waals surface area (Å²) in [5, 5.41) is 9.42. The number of hydrogen-bond acceptors (Lipinski definition) is 2. The number of rotatable bonds is 4. The van der Waals surface area contributed by atoms with Crippen molar-refractivity contribution in [2.75, 3.05) is 5.32 Å². The molecule has 0 aliphatic rings. The molecule has 1 aromatic heterocycles. The summed E-state index contributed by atoms with van der Waals surface area (Å²) in [4.78, 5) is 12.1. The fourth-order valence-corrected chi connectivity index (χ4v) is 1.97. The Morgan fingerprint density at radius 3 is 2.45 bits per heavy atom. The van der Waals surface area contributed by atoms with Crippen molar-refractivity contribution in [3.8, 4) is 0 Å². The summed E-state index contributed by atoms with van der Waals surface area (Å²) in [5.74, 6) is -2.59. The first-order valence-electron chi connectivity index (χ1n) is 6.39. The normalized spacial score (nSPS) is 10.6. The lowest BCUT2D eigenvalue weighted by Gasteiger charge is -2.08. The summed E-state index contributed by atoms with van der Waals surface area (Å²) in [6, 6.07) is 3.32. The number of carbonyl (C=O) groups is 1. The van der Waals surface area contributed by atoms with Gasteiger partial charge in [-0.3, -0.25) is 9.89 Å². The summed E-state index contributed by atoms with van der Waals surface area (Å²) in [6.45, 7) is 3.78. The lowest BCUT2D eigenvalue weighted by atomic mass is 10.1. The van der Waals surface area contributed by atoms with Crippen molar-refractivity contribution in [2.24, 2.45) is 0 Å². The van der Waals surface area contributed by atoms with Crippen molar-refractivity contribution in [3.05, 3.63) is 46.8 Å². The van der Waals surface area contributed by atoms with Crippen LogP contribution in [0.5, 0.6) is 0 Å². The Kier molecular flexibility index (Phi) is 4.12. The number of carbonyl (C=O) groups excluding carboxylic acids is 1. The highest BCUT2D eigenvalue weighted by Gasteiger charge is 2.20. The van der Waals surface area contributed by atoms with Crippen molar-refractivity contribution >= 4 is 11.6 Å². The van der Waals surface area contributed by atoms with Gasteiger partial charge in [-0.1, -0.05) is 19.9 Å². The predicted molar refractivity (Wildman–Crippen MR) is 71.7 cm³/mol. The van der Waals surface area contributed by atoms with E-state index in [9.17, 15) is 13.6 Å². The molecular formula is C14H15F2N3O. The number of H-pyrrole nitrogens is 1. The number of halogens is 2. The molecule has 0 saturated carbocycles. The lowest BCUT2D eigenvalue weighted by Crippen LogP contribution is -2.17. The zero-order valence-electron chi connectivity index (χ0n) is 11.3. The van der Waals surface area contributed by atoms with Gasteiger partial charge in [-0.2, -0.15) is 5.10 Å². The fraction of sp³-hybridized carbons (Fsp3) is 0.286. The van der Waals surface area contributed by atoms with Gasteiger partial charge in [-0.25, -0.2) is 8.78 Å². The molecule has 0 fully saturated rings. The van der Waals surface area contributed by atoms with Gasteiger partial charge in [0.05, 0.1) is 17.1 Å². The molecule has 0 atom stereocenters. The smallest absolute Gasteiger partial charge is 0.261 e. The number of hydrogen-bond donors (Lipinski definition) is 2. The predicted octanol–water partition coefficient (Wildman–Crippen LogP) is 3.07. The van der Waals surface area contributed by atoms with Crippen LogP contribution in [0.3, 0.4) is 0 Å². The molecule has 0 spiro atoms. The Bertz CT molecular complexity index is 596. The number of benzene rings is 1. The van der Waals surface area contributed by atoms with Crippen LogP contribution in [0.15, 0.2) is 18.2 Å². The van der Waals surface area contributed by atoms with Crippen LogP contribution in [0.25, 0.3) is 0 Å². The summed E-state index contributed by atoms with van der Waals surface area (Å²) in [5.41, 5.74) is 1.30. The molecule has 0 aliphatic heterocycles. The van der Waals surface area contributed by atoms with E-state index in [1.165, 1.54) is 6.07 Å². The number of aromatic amines is 1. The molecule has 0 unspecified atom stereocenters. The third-order valence-corrected chi connectivity index (χ3v) is 3.03. The van der Waals surface area contributed by atoms with Crippen molar-refractivity contribution in [1.29, 1.82) is 0 Å². The van der Waals surface area contributed by atoms with E-state index in [0.717, 1.165) is 17.8 Å². The van der Waals surface area contributed by atoms with Crippen LogP contribution in [-0.4, -0.2) is 16.1 Å². The minimum absolute atomic E-state index is 0.502. The van der Waals surface area contributed by atoms with E-state index in [0.29, 0.717) is 24.2 Å². The summed E-state index contributed by atoms with van der Waals surface area (Å²) in [7, 11) is 0. The van der Waals surface area contributed by atoms with Crippen LogP contribution in [0.4, 0.5) is 14.5 Å². The second-order valence-corrected chi connectivity index (χ2v) is 4.28. The minimum atomic E-state index is -0.887.